The zero-order chi connectivity index (χ0) is 15.5. The topological polar surface area (TPSA) is 85.1 Å². The molecule has 0 saturated carbocycles. The molecule has 1 aromatic heterocycles. The monoisotopic (exact) mass is 309 g/mol. The Labute approximate surface area is 122 Å². The molecular weight excluding hydrogens is 293 g/mol. The van der Waals surface area contributed by atoms with Gasteiger partial charge in [-0.3, -0.25) is 0 Å². The van der Waals surface area contributed by atoms with E-state index in [0.717, 1.165) is 6.26 Å². The minimum Gasteiger partial charge on any atom is -0.365 e. The summed E-state index contributed by atoms with van der Waals surface area (Å²) >= 11 is 0. The quantitative estimate of drug-likeness (QED) is 0.878. The zero-order valence-electron chi connectivity index (χ0n) is 11.5. The fourth-order valence-electron chi connectivity index (χ4n) is 1.86. The number of pyridine rings is 1. The first-order chi connectivity index (χ1) is 9.91. The lowest BCUT2D eigenvalue weighted by atomic mass is 10.1. The van der Waals surface area contributed by atoms with Crippen molar-refractivity contribution in [1.29, 1.82) is 0 Å². The number of benzene rings is 1. The van der Waals surface area contributed by atoms with Crippen molar-refractivity contribution in [3.05, 3.63) is 53.5 Å². The number of rotatable bonds is 5. The van der Waals surface area contributed by atoms with E-state index < -0.39 is 9.84 Å². The highest BCUT2D eigenvalue weighted by Gasteiger charge is 2.14. The van der Waals surface area contributed by atoms with Gasteiger partial charge in [0.05, 0.1) is 0 Å². The molecule has 0 aliphatic heterocycles. The van der Waals surface area contributed by atoms with Gasteiger partial charge in [0.15, 0.2) is 9.84 Å². The summed E-state index contributed by atoms with van der Waals surface area (Å²) in [6, 6.07) is 7.72. The molecule has 2 aromatic rings. The average molecular weight is 309 g/mol. The second kappa shape index (κ2) is 6.19. The normalized spacial score (nSPS) is 11.4. The maximum Gasteiger partial charge on any atom is 0.179 e. The molecule has 0 unspecified atom stereocenters. The first-order valence-corrected chi connectivity index (χ1v) is 8.17. The van der Waals surface area contributed by atoms with Gasteiger partial charge in [-0.05, 0) is 23.8 Å². The highest BCUT2D eigenvalue weighted by Crippen LogP contribution is 2.19. The van der Waals surface area contributed by atoms with E-state index >= 15 is 0 Å². The summed E-state index contributed by atoms with van der Waals surface area (Å²) in [5.74, 6) is -0.176. The second-order valence-corrected chi connectivity index (χ2v) is 6.59. The van der Waals surface area contributed by atoms with Crippen LogP contribution in [0.2, 0.25) is 0 Å². The Morgan fingerprint density at radius 3 is 2.71 bits per heavy atom. The van der Waals surface area contributed by atoms with E-state index in [4.69, 9.17) is 5.73 Å². The molecule has 1 heterocycles. The highest BCUT2D eigenvalue weighted by molar-refractivity contribution is 7.90. The van der Waals surface area contributed by atoms with Crippen molar-refractivity contribution >= 4 is 15.7 Å². The number of anilines is 1. The molecule has 21 heavy (non-hydrogen) atoms. The Morgan fingerprint density at radius 1 is 1.33 bits per heavy atom. The molecule has 5 nitrogen and oxygen atoms in total. The number of hydrogen-bond acceptors (Lipinski definition) is 5. The van der Waals surface area contributed by atoms with E-state index in [9.17, 15) is 12.8 Å². The van der Waals surface area contributed by atoms with E-state index in [2.05, 4.69) is 10.3 Å². The minimum absolute atomic E-state index is 0.0870. The summed E-state index contributed by atoms with van der Waals surface area (Å²) < 4.78 is 37.1. The second-order valence-electron chi connectivity index (χ2n) is 4.61. The van der Waals surface area contributed by atoms with Crippen molar-refractivity contribution in [2.75, 3.05) is 11.6 Å². The molecule has 0 aliphatic rings. The van der Waals surface area contributed by atoms with Gasteiger partial charge in [0.2, 0.25) is 0 Å². The SMILES string of the molecule is CS(=O)(=O)c1cccnc1NCc1ccc(CN)cc1F. The van der Waals surface area contributed by atoms with Crippen molar-refractivity contribution in [1.82, 2.24) is 4.98 Å². The number of nitrogens with one attached hydrogen (secondary N) is 1. The summed E-state index contributed by atoms with van der Waals surface area (Å²) in [4.78, 5) is 4.08. The molecule has 0 atom stereocenters. The van der Waals surface area contributed by atoms with Crippen molar-refractivity contribution < 1.29 is 12.8 Å². The average Bonchev–Trinajstić information content (AvgIpc) is 2.45. The Kier molecular flexibility index (Phi) is 4.54. The molecular formula is C14H16FN3O2S. The van der Waals surface area contributed by atoms with Crippen LogP contribution in [0, 0.1) is 5.82 Å². The third kappa shape index (κ3) is 3.77. The van der Waals surface area contributed by atoms with Gasteiger partial charge in [-0.25, -0.2) is 17.8 Å². The summed E-state index contributed by atoms with van der Waals surface area (Å²) in [6.07, 6.45) is 2.58. The van der Waals surface area contributed by atoms with E-state index in [-0.39, 0.29) is 29.6 Å². The fraction of sp³-hybridized carbons (Fsp3) is 0.214. The van der Waals surface area contributed by atoms with Gasteiger partial charge in [-0.15, -0.1) is 0 Å². The Hall–Kier alpha value is -1.99. The molecule has 0 saturated heterocycles. The van der Waals surface area contributed by atoms with E-state index in [0.29, 0.717) is 11.1 Å². The molecule has 1 aromatic carbocycles. The Balaban J connectivity index is 2.21. The number of sulfone groups is 1. The highest BCUT2D eigenvalue weighted by atomic mass is 32.2. The molecule has 112 valence electrons. The van der Waals surface area contributed by atoms with Crippen LogP contribution in [-0.4, -0.2) is 19.7 Å². The lowest BCUT2D eigenvalue weighted by Gasteiger charge is -2.10. The van der Waals surface area contributed by atoms with Crippen LogP contribution in [0.15, 0.2) is 41.4 Å². The summed E-state index contributed by atoms with van der Waals surface area (Å²) in [6.45, 7) is 0.402. The molecule has 0 radical (unpaired) electrons. The van der Waals surface area contributed by atoms with Gasteiger partial charge in [-0.1, -0.05) is 12.1 Å². The fourth-order valence-corrected chi connectivity index (χ4v) is 2.66. The van der Waals surface area contributed by atoms with Crippen LogP contribution in [0.25, 0.3) is 0 Å². The third-order valence-electron chi connectivity index (χ3n) is 2.97. The number of hydrogen-bond donors (Lipinski definition) is 2. The maximum atomic E-state index is 13.8. The minimum atomic E-state index is -3.39. The van der Waals surface area contributed by atoms with Crippen LogP contribution < -0.4 is 11.1 Å². The van der Waals surface area contributed by atoms with Crippen molar-refractivity contribution in [2.45, 2.75) is 18.0 Å². The molecule has 0 amide bonds. The van der Waals surface area contributed by atoms with Crippen LogP contribution >= 0.6 is 0 Å². The van der Waals surface area contributed by atoms with Gasteiger partial charge >= 0.3 is 0 Å². The maximum absolute atomic E-state index is 13.8. The molecule has 2 rings (SSSR count). The van der Waals surface area contributed by atoms with Crippen LogP contribution in [0.5, 0.6) is 0 Å². The van der Waals surface area contributed by atoms with E-state index in [1.54, 1.807) is 12.1 Å². The first kappa shape index (κ1) is 15.4. The summed E-state index contributed by atoms with van der Waals surface area (Å²) in [7, 11) is -3.39. The van der Waals surface area contributed by atoms with Crippen LogP contribution in [-0.2, 0) is 22.9 Å². The lowest BCUT2D eigenvalue weighted by molar-refractivity contribution is 0.601. The smallest absolute Gasteiger partial charge is 0.179 e. The lowest BCUT2D eigenvalue weighted by Crippen LogP contribution is -2.09. The standard InChI is InChI=1S/C14H16FN3O2S/c1-21(19,20)13-3-2-6-17-14(13)18-9-11-5-4-10(8-16)7-12(11)15/h2-7H,8-9,16H2,1H3,(H,17,18). The summed E-state index contributed by atoms with van der Waals surface area (Å²) in [5.41, 5.74) is 6.56. The van der Waals surface area contributed by atoms with Crippen LogP contribution in [0.1, 0.15) is 11.1 Å². The number of nitrogens with two attached hydrogens (primary N) is 1. The number of nitrogens with zero attached hydrogens (tertiary/aromatic N) is 1. The largest absolute Gasteiger partial charge is 0.365 e. The van der Waals surface area contributed by atoms with Crippen molar-refractivity contribution in [3.8, 4) is 0 Å². The molecule has 3 N–H and O–H groups in total. The number of aromatic nitrogens is 1. The van der Waals surface area contributed by atoms with Crippen LogP contribution in [0.4, 0.5) is 10.2 Å². The van der Waals surface area contributed by atoms with Crippen molar-refractivity contribution in [3.63, 3.8) is 0 Å². The van der Waals surface area contributed by atoms with Gasteiger partial charge in [-0.2, -0.15) is 0 Å². The summed E-state index contributed by atoms with van der Waals surface area (Å²) in [5, 5.41) is 2.85. The van der Waals surface area contributed by atoms with E-state index in [1.165, 1.54) is 24.4 Å². The van der Waals surface area contributed by atoms with Gasteiger partial charge in [0.1, 0.15) is 16.5 Å². The van der Waals surface area contributed by atoms with Gasteiger partial charge < -0.3 is 11.1 Å². The molecule has 0 fully saturated rings. The molecule has 7 heteroatoms. The third-order valence-corrected chi connectivity index (χ3v) is 4.10. The Bertz CT molecular complexity index is 748. The molecule has 0 bridgehead atoms. The van der Waals surface area contributed by atoms with E-state index in [1.807, 2.05) is 0 Å². The number of halogens is 1. The van der Waals surface area contributed by atoms with Gasteiger partial charge in [0.25, 0.3) is 0 Å². The predicted molar refractivity (Wildman–Crippen MR) is 79.0 cm³/mol. The first-order valence-electron chi connectivity index (χ1n) is 6.28. The van der Waals surface area contributed by atoms with Crippen molar-refractivity contribution in [2.24, 2.45) is 5.73 Å². The Morgan fingerprint density at radius 2 is 2.10 bits per heavy atom. The molecule has 0 aliphatic carbocycles. The molecule has 0 spiro atoms. The van der Waals surface area contributed by atoms with Crippen LogP contribution in [0.3, 0.4) is 0 Å². The zero-order valence-corrected chi connectivity index (χ0v) is 12.3. The predicted octanol–water partition coefficient (Wildman–Crippen LogP) is 1.70. The van der Waals surface area contributed by atoms with Gasteiger partial charge in [0, 0.05) is 31.1 Å².